The van der Waals surface area contributed by atoms with E-state index in [0.717, 1.165) is 18.9 Å². The van der Waals surface area contributed by atoms with E-state index in [4.69, 9.17) is 10.5 Å². The van der Waals surface area contributed by atoms with Crippen molar-refractivity contribution < 1.29 is 13.5 Å². The van der Waals surface area contributed by atoms with E-state index in [1.165, 1.54) is 13.2 Å². The fourth-order valence-corrected chi connectivity index (χ4v) is 2.43. The van der Waals surface area contributed by atoms with Crippen molar-refractivity contribution in [3.63, 3.8) is 0 Å². The molecule has 1 aliphatic carbocycles. The van der Waals surface area contributed by atoms with E-state index in [1.807, 2.05) is 19.0 Å². The molecule has 2 rings (SSSR count). The first kappa shape index (κ1) is 13.2. The average molecular weight is 256 g/mol. The van der Waals surface area contributed by atoms with E-state index < -0.39 is 17.2 Å². The lowest BCUT2D eigenvalue weighted by molar-refractivity contribution is 0.238. The largest absolute Gasteiger partial charge is 0.494 e. The van der Waals surface area contributed by atoms with Crippen molar-refractivity contribution in [1.82, 2.24) is 4.90 Å². The van der Waals surface area contributed by atoms with E-state index >= 15 is 0 Å². The van der Waals surface area contributed by atoms with Crippen molar-refractivity contribution >= 4 is 0 Å². The number of nitrogens with two attached hydrogens (primary N) is 1. The maximum absolute atomic E-state index is 14.1. The lowest BCUT2D eigenvalue weighted by Gasteiger charge is -2.31. The van der Waals surface area contributed by atoms with Crippen molar-refractivity contribution in [2.24, 2.45) is 5.73 Å². The molecule has 1 unspecified atom stereocenters. The minimum absolute atomic E-state index is 0.0874. The molecule has 100 valence electrons. The van der Waals surface area contributed by atoms with Crippen molar-refractivity contribution in [3.05, 3.63) is 29.3 Å². The second-order valence-corrected chi connectivity index (χ2v) is 5.11. The van der Waals surface area contributed by atoms with E-state index in [-0.39, 0.29) is 11.8 Å². The Kier molecular flexibility index (Phi) is 3.29. The third kappa shape index (κ3) is 2.20. The van der Waals surface area contributed by atoms with Gasteiger partial charge in [0, 0.05) is 17.2 Å². The first-order valence-electron chi connectivity index (χ1n) is 5.87. The minimum atomic E-state index is -0.565. The second-order valence-electron chi connectivity index (χ2n) is 5.11. The Hall–Kier alpha value is -1.20. The maximum atomic E-state index is 14.1. The van der Waals surface area contributed by atoms with Gasteiger partial charge in [0.05, 0.1) is 13.2 Å². The van der Waals surface area contributed by atoms with Crippen LogP contribution < -0.4 is 10.5 Å². The molecular formula is C13H18F2N2O. The van der Waals surface area contributed by atoms with Crippen LogP contribution in [0.25, 0.3) is 0 Å². The third-order valence-corrected chi connectivity index (χ3v) is 3.45. The lowest BCUT2D eigenvalue weighted by Crippen LogP contribution is -2.40. The molecule has 1 aliphatic rings. The quantitative estimate of drug-likeness (QED) is 0.896. The molecule has 3 nitrogen and oxygen atoms in total. The number of halogens is 2. The fourth-order valence-electron chi connectivity index (χ4n) is 2.43. The summed E-state index contributed by atoms with van der Waals surface area (Å²) in [6.45, 7) is 0. The number of rotatable bonds is 4. The summed E-state index contributed by atoms with van der Waals surface area (Å²) >= 11 is 0. The van der Waals surface area contributed by atoms with Gasteiger partial charge < -0.3 is 15.4 Å². The summed E-state index contributed by atoms with van der Waals surface area (Å²) in [6.07, 6.45) is 1.64. The first-order chi connectivity index (χ1) is 8.39. The highest BCUT2D eigenvalue weighted by Gasteiger charge is 2.48. The zero-order valence-corrected chi connectivity index (χ0v) is 10.8. The summed E-state index contributed by atoms with van der Waals surface area (Å²) in [5.74, 6) is -1.13. The average Bonchev–Trinajstić information content (AvgIpc) is 3.01. The van der Waals surface area contributed by atoms with Crippen LogP contribution in [0.1, 0.15) is 24.4 Å². The molecule has 0 radical (unpaired) electrons. The van der Waals surface area contributed by atoms with Crippen LogP contribution in [0.5, 0.6) is 5.75 Å². The van der Waals surface area contributed by atoms with Gasteiger partial charge in [0.15, 0.2) is 11.6 Å². The molecule has 1 fully saturated rings. The Morgan fingerprint density at radius 1 is 1.28 bits per heavy atom. The second kappa shape index (κ2) is 4.48. The molecule has 0 bridgehead atoms. The predicted octanol–water partition coefficient (Wildman–Crippen LogP) is 2.07. The first-order valence-corrected chi connectivity index (χ1v) is 5.87. The number of likely N-dealkylation sites (N-methyl/N-ethyl adjacent to an activating group) is 1. The van der Waals surface area contributed by atoms with Gasteiger partial charge in [-0.3, -0.25) is 0 Å². The molecule has 18 heavy (non-hydrogen) atoms. The zero-order valence-electron chi connectivity index (χ0n) is 10.8. The molecule has 1 aromatic rings. The van der Waals surface area contributed by atoms with Crippen LogP contribution in [-0.4, -0.2) is 31.6 Å². The van der Waals surface area contributed by atoms with Gasteiger partial charge in [0.2, 0.25) is 0 Å². The Balaban J connectivity index is 2.45. The number of methoxy groups -OCH3 is 1. The summed E-state index contributed by atoms with van der Waals surface area (Å²) in [4.78, 5) is 1.83. The Labute approximate surface area is 106 Å². The molecule has 1 aromatic carbocycles. The predicted molar refractivity (Wildman–Crippen MR) is 65.5 cm³/mol. The highest BCUT2D eigenvalue weighted by molar-refractivity contribution is 5.35. The molecule has 0 aliphatic heterocycles. The number of ether oxygens (including phenoxy) is 1. The van der Waals surface area contributed by atoms with Crippen molar-refractivity contribution in [3.8, 4) is 5.75 Å². The zero-order chi connectivity index (χ0) is 13.5. The van der Waals surface area contributed by atoms with Crippen LogP contribution >= 0.6 is 0 Å². The highest BCUT2D eigenvalue weighted by atomic mass is 19.1. The maximum Gasteiger partial charge on any atom is 0.165 e. The van der Waals surface area contributed by atoms with Gasteiger partial charge in [-0.1, -0.05) is 0 Å². The van der Waals surface area contributed by atoms with Crippen molar-refractivity contribution in [1.29, 1.82) is 0 Å². The molecule has 0 amide bonds. The van der Waals surface area contributed by atoms with Crippen molar-refractivity contribution in [2.75, 3.05) is 21.2 Å². The van der Waals surface area contributed by atoms with Gasteiger partial charge in [-0.2, -0.15) is 0 Å². The van der Waals surface area contributed by atoms with Crippen LogP contribution in [0, 0.1) is 11.6 Å². The number of nitrogens with zero attached hydrogens (tertiary/aromatic N) is 1. The molecule has 2 N–H and O–H groups in total. The highest BCUT2D eigenvalue weighted by Crippen LogP contribution is 2.47. The van der Waals surface area contributed by atoms with Gasteiger partial charge in [0.1, 0.15) is 5.82 Å². The van der Waals surface area contributed by atoms with Crippen LogP contribution in [0.15, 0.2) is 12.1 Å². The van der Waals surface area contributed by atoms with Gasteiger partial charge in [-0.05, 0) is 33.0 Å². The molecule has 5 heteroatoms. The SMILES string of the molecule is COc1cc(F)c(C(N(C)C)C2(N)CC2)cc1F. The normalized spacial score (nSPS) is 18.8. The summed E-state index contributed by atoms with van der Waals surface area (Å²) < 4.78 is 32.5. The molecule has 0 spiro atoms. The van der Waals surface area contributed by atoms with E-state index in [0.29, 0.717) is 5.56 Å². The molecule has 0 aromatic heterocycles. The molecular weight excluding hydrogens is 238 g/mol. The number of hydrogen-bond donors (Lipinski definition) is 1. The van der Waals surface area contributed by atoms with Crippen LogP contribution in [0.2, 0.25) is 0 Å². The molecule has 0 saturated heterocycles. The van der Waals surface area contributed by atoms with Crippen molar-refractivity contribution in [2.45, 2.75) is 24.4 Å². The van der Waals surface area contributed by atoms with Gasteiger partial charge in [-0.25, -0.2) is 8.78 Å². The lowest BCUT2D eigenvalue weighted by atomic mass is 9.96. The molecule has 1 saturated carbocycles. The van der Waals surface area contributed by atoms with Gasteiger partial charge in [-0.15, -0.1) is 0 Å². The molecule has 0 heterocycles. The number of benzene rings is 1. The summed E-state index contributed by atoms with van der Waals surface area (Å²) in [5.41, 5.74) is 5.99. The van der Waals surface area contributed by atoms with Gasteiger partial charge in [0.25, 0.3) is 0 Å². The van der Waals surface area contributed by atoms with Crippen LogP contribution in [-0.2, 0) is 0 Å². The standard InChI is InChI=1S/C13H18F2N2O/c1-17(2)12(13(16)4-5-13)8-6-10(15)11(18-3)7-9(8)14/h6-7,12H,4-5,16H2,1-3H3. The fraction of sp³-hybridized carbons (Fsp3) is 0.538. The van der Waals surface area contributed by atoms with E-state index in [9.17, 15) is 8.78 Å². The van der Waals surface area contributed by atoms with Crippen LogP contribution in [0.4, 0.5) is 8.78 Å². The molecule has 1 atom stereocenters. The smallest absolute Gasteiger partial charge is 0.165 e. The Morgan fingerprint density at radius 2 is 1.89 bits per heavy atom. The topological polar surface area (TPSA) is 38.5 Å². The van der Waals surface area contributed by atoms with Gasteiger partial charge >= 0.3 is 0 Å². The van der Waals surface area contributed by atoms with E-state index in [1.54, 1.807) is 0 Å². The Bertz CT molecular complexity index is 459. The van der Waals surface area contributed by atoms with E-state index in [2.05, 4.69) is 0 Å². The number of hydrogen-bond acceptors (Lipinski definition) is 3. The monoisotopic (exact) mass is 256 g/mol. The summed E-state index contributed by atoms with van der Waals surface area (Å²) in [5, 5.41) is 0. The summed E-state index contributed by atoms with van der Waals surface area (Å²) in [7, 11) is 4.95. The third-order valence-electron chi connectivity index (χ3n) is 3.45. The minimum Gasteiger partial charge on any atom is -0.494 e. The Morgan fingerprint density at radius 3 is 2.33 bits per heavy atom. The van der Waals surface area contributed by atoms with Crippen LogP contribution in [0.3, 0.4) is 0 Å². The summed E-state index contributed by atoms with van der Waals surface area (Å²) in [6, 6.07) is 1.94.